The lowest BCUT2D eigenvalue weighted by Gasteiger charge is -2.33. The van der Waals surface area contributed by atoms with E-state index in [0.29, 0.717) is 24.6 Å². The van der Waals surface area contributed by atoms with Crippen molar-refractivity contribution in [3.05, 3.63) is 58.6 Å². The second-order valence-corrected chi connectivity index (χ2v) is 10.8. The number of aromatic nitrogens is 4. The Morgan fingerprint density at radius 1 is 1.08 bits per heavy atom. The van der Waals surface area contributed by atoms with Gasteiger partial charge in [0, 0.05) is 18.8 Å². The SMILES string of the molecule is Cn1nc(OC(F)(F)C(F)(C(F)=CC(F)C(F)(F)F)C(F)(F)F)c(C(F)(F)F)c1-n1cc(-c2ccc(Cl)c(C(=O)NC3(C#N)CC3)c2)cn1. The topological polar surface area (TPSA) is 97.8 Å². The molecule has 1 aliphatic carbocycles. The highest BCUT2D eigenvalue weighted by molar-refractivity contribution is 6.34. The number of rotatable bonds is 9. The Hall–Kier alpha value is -4.55. The number of nitriles is 1. The van der Waals surface area contributed by atoms with E-state index in [1.807, 2.05) is 6.07 Å². The second-order valence-electron chi connectivity index (χ2n) is 10.4. The molecule has 4 rings (SSSR count). The van der Waals surface area contributed by atoms with Crippen LogP contribution < -0.4 is 10.1 Å². The van der Waals surface area contributed by atoms with Crippen LogP contribution >= 0.6 is 11.6 Å². The van der Waals surface area contributed by atoms with Gasteiger partial charge in [0.25, 0.3) is 11.8 Å². The predicted octanol–water partition coefficient (Wildman–Crippen LogP) is 7.73. The van der Waals surface area contributed by atoms with Crippen molar-refractivity contribution in [2.75, 3.05) is 0 Å². The van der Waals surface area contributed by atoms with Gasteiger partial charge in [-0.1, -0.05) is 17.7 Å². The molecule has 0 radical (unpaired) electrons. The molecule has 8 nitrogen and oxygen atoms in total. The zero-order valence-corrected chi connectivity index (χ0v) is 24.4. The Morgan fingerprint density at radius 2 is 1.69 bits per heavy atom. The molecule has 0 spiro atoms. The van der Waals surface area contributed by atoms with Crippen LogP contribution in [0, 0.1) is 11.3 Å². The van der Waals surface area contributed by atoms with E-state index in [9.17, 15) is 71.5 Å². The minimum absolute atomic E-state index is 0.0565. The van der Waals surface area contributed by atoms with E-state index < -0.39 is 77.1 Å². The second kappa shape index (κ2) is 12.1. The van der Waals surface area contributed by atoms with Gasteiger partial charge in [-0.15, -0.1) is 5.10 Å². The molecule has 1 N–H and O–H groups in total. The lowest BCUT2D eigenvalue weighted by Crippen LogP contribution is -2.59. The van der Waals surface area contributed by atoms with Crippen LogP contribution in [0.1, 0.15) is 28.8 Å². The normalized spacial score (nSPS) is 17.2. The number of halogens is 15. The molecule has 0 bridgehead atoms. The van der Waals surface area contributed by atoms with Crippen molar-refractivity contribution in [3.63, 3.8) is 0 Å². The Labute approximate surface area is 268 Å². The average Bonchev–Trinajstić information content (AvgIpc) is 3.41. The number of hydrogen-bond acceptors (Lipinski definition) is 5. The smallest absolute Gasteiger partial charge is 0.409 e. The fourth-order valence-electron chi connectivity index (χ4n) is 4.18. The third-order valence-corrected chi connectivity index (χ3v) is 7.21. The number of ether oxygens (including phenoxy) is 1. The summed E-state index contributed by atoms with van der Waals surface area (Å²) in [5, 5.41) is 18.1. The minimum atomic E-state index is -7.24. The van der Waals surface area contributed by atoms with Gasteiger partial charge < -0.3 is 10.1 Å². The maximum atomic E-state index is 14.8. The van der Waals surface area contributed by atoms with E-state index in [-0.39, 0.29) is 26.4 Å². The van der Waals surface area contributed by atoms with Crippen LogP contribution in [0.3, 0.4) is 0 Å². The number of hydrogen-bond donors (Lipinski definition) is 1. The Balaban J connectivity index is 1.76. The molecule has 0 saturated heterocycles. The average molecular weight is 745 g/mol. The molecular weight excluding hydrogens is 730 g/mol. The zero-order chi connectivity index (χ0) is 37.1. The summed E-state index contributed by atoms with van der Waals surface area (Å²) < 4.78 is 195. The van der Waals surface area contributed by atoms with Crippen molar-refractivity contribution in [1.29, 1.82) is 5.26 Å². The number of nitrogens with one attached hydrogen (secondary N) is 1. The molecule has 0 aliphatic heterocycles. The Bertz CT molecular complexity index is 1830. The number of amides is 1. The third kappa shape index (κ3) is 6.98. The van der Waals surface area contributed by atoms with Gasteiger partial charge in [-0.3, -0.25) is 4.79 Å². The van der Waals surface area contributed by atoms with E-state index in [0.717, 1.165) is 18.5 Å². The van der Waals surface area contributed by atoms with Gasteiger partial charge >= 0.3 is 30.3 Å². The van der Waals surface area contributed by atoms with Gasteiger partial charge in [0.05, 0.1) is 22.9 Å². The van der Waals surface area contributed by atoms with Crippen molar-refractivity contribution in [2.45, 2.75) is 54.9 Å². The molecule has 1 amide bonds. The Morgan fingerprint density at radius 3 is 2.20 bits per heavy atom. The Kier molecular flexibility index (Phi) is 9.20. The number of alkyl halides is 13. The van der Waals surface area contributed by atoms with Crippen molar-refractivity contribution in [2.24, 2.45) is 7.05 Å². The van der Waals surface area contributed by atoms with Crippen LogP contribution in [-0.4, -0.2) is 61.3 Å². The van der Waals surface area contributed by atoms with Gasteiger partial charge in [-0.2, -0.15) is 58.7 Å². The summed E-state index contributed by atoms with van der Waals surface area (Å²) in [6.45, 7) is 0. The molecule has 23 heteroatoms. The van der Waals surface area contributed by atoms with E-state index in [4.69, 9.17) is 11.6 Å². The van der Waals surface area contributed by atoms with Gasteiger partial charge in [0.15, 0.2) is 17.2 Å². The fraction of sp³-hybridized carbons (Fsp3) is 0.385. The molecule has 2 heterocycles. The number of nitrogens with zero attached hydrogens (tertiary/aromatic N) is 5. The first-order valence-electron chi connectivity index (χ1n) is 12.9. The molecule has 1 aliphatic rings. The highest BCUT2D eigenvalue weighted by atomic mass is 35.5. The van der Waals surface area contributed by atoms with Crippen molar-refractivity contribution < 1.29 is 71.0 Å². The van der Waals surface area contributed by atoms with Gasteiger partial charge in [0.2, 0.25) is 6.17 Å². The summed E-state index contributed by atoms with van der Waals surface area (Å²) in [7, 11) is 0.606. The first-order valence-corrected chi connectivity index (χ1v) is 13.3. The van der Waals surface area contributed by atoms with Crippen molar-refractivity contribution in [1.82, 2.24) is 24.9 Å². The number of allylic oxidation sites excluding steroid dienone is 1. The summed E-state index contributed by atoms with van der Waals surface area (Å²) >= 11 is 6.07. The van der Waals surface area contributed by atoms with Crippen LogP contribution in [0.4, 0.5) is 61.5 Å². The molecule has 2 unspecified atom stereocenters. The summed E-state index contributed by atoms with van der Waals surface area (Å²) in [4.78, 5) is 12.7. The highest BCUT2D eigenvalue weighted by Gasteiger charge is 2.77. The minimum Gasteiger partial charge on any atom is -0.409 e. The van der Waals surface area contributed by atoms with Crippen LogP contribution in [0.5, 0.6) is 5.88 Å². The van der Waals surface area contributed by atoms with Crippen LogP contribution in [0.2, 0.25) is 5.02 Å². The molecule has 266 valence electrons. The number of aryl methyl sites for hydroxylation is 1. The van der Waals surface area contributed by atoms with Crippen LogP contribution in [0.25, 0.3) is 16.9 Å². The lowest BCUT2D eigenvalue weighted by molar-refractivity contribution is -0.349. The molecular formula is C26H15ClF14N6O2. The molecule has 2 aromatic heterocycles. The van der Waals surface area contributed by atoms with E-state index in [1.54, 1.807) is 0 Å². The van der Waals surface area contributed by atoms with Gasteiger partial charge in [-0.05, 0) is 36.6 Å². The monoisotopic (exact) mass is 744 g/mol. The third-order valence-electron chi connectivity index (χ3n) is 6.88. The highest BCUT2D eigenvalue weighted by Crippen LogP contribution is 2.53. The molecule has 2 atom stereocenters. The number of benzene rings is 1. The fourth-order valence-corrected chi connectivity index (χ4v) is 4.39. The van der Waals surface area contributed by atoms with Gasteiger partial charge in [0.1, 0.15) is 5.54 Å². The molecule has 3 aromatic rings. The first kappa shape index (κ1) is 37.3. The molecule has 1 fully saturated rings. The lowest BCUT2D eigenvalue weighted by atomic mass is 10.0. The summed E-state index contributed by atoms with van der Waals surface area (Å²) in [6.07, 6.45) is -30.4. The summed E-state index contributed by atoms with van der Waals surface area (Å²) in [5.41, 5.74) is -10.7. The molecule has 1 aromatic carbocycles. The van der Waals surface area contributed by atoms with E-state index in [1.165, 1.54) is 12.1 Å². The van der Waals surface area contributed by atoms with Crippen molar-refractivity contribution in [3.8, 4) is 28.9 Å². The van der Waals surface area contributed by atoms with Gasteiger partial charge in [-0.25, -0.2) is 22.5 Å². The maximum Gasteiger partial charge on any atom is 0.450 e. The number of carbonyl (C=O) groups excluding carboxylic acids is 1. The van der Waals surface area contributed by atoms with Crippen LogP contribution in [-0.2, 0) is 13.2 Å². The van der Waals surface area contributed by atoms with Crippen LogP contribution in [0.15, 0.2) is 42.5 Å². The first-order chi connectivity index (χ1) is 22.3. The molecule has 49 heavy (non-hydrogen) atoms. The zero-order valence-electron chi connectivity index (χ0n) is 23.7. The van der Waals surface area contributed by atoms with Crippen molar-refractivity contribution >= 4 is 17.5 Å². The number of carbonyl (C=O) groups is 1. The molecule has 1 saturated carbocycles. The largest absolute Gasteiger partial charge is 0.450 e. The summed E-state index contributed by atoms with van der Waals surface area (Å²) in [5.74, 6) is -8.79. The standard InChI is InChI=1S/C26H15ClF14N6O2/c1-46-20(47-9-12(8-43-47)11-2-3-14(27)13(6-11)18(48)44-21(10-42)4-5-21)17(24(34,35)36)19(45-46)49-26(40,41)22(30,25(37,38)39)15(28)7-16(29)23(31,32)33/h2-3,6-9,16H,4-5H2,1H3,(H,44,48). The predicted molar refractivity (Wildman–Crippen MR) is 136 cm³/mol. The summed E-state index contributed by atoms with van der Waals surface area (Å²) in [6, 6.07) is 5.53. The maximum absolute atomic E-state index is 14.8. The van der Waals surface area contributed by atoms with E-state index in [2.05, 4.69) is 20.3 Å². The van der Waals surface area contributed by atoms with E-state index >= 15 is 0 Å². The quantitative estimate of drug-likeness (QED) is 0.226.